The van der Waals surface area contributed by atoms with Crippen LogP contribution in [0.2, 0.25) is 0 Å². The molecule has 3 aromatic heterocycles. The van der Waals surface area contributed by atoms with E-state index in [0.717, 1.165) is 37.2 Å². The Morgan fingerprint density at radius 3 is 2.86 bits per heavy atom. The van der Waals surface area contributed by atoms with Crippen LogP contribution < -0.4 is 10.1 Å². The Hall–Kier alpha value is -3.50. The number of aromatic nitrogens is 5. The molecule has 5 rings (SSSR count). The van der Waals surface area contributed by atoms with Crippen molar-refractivity contribution in [2.24, 2.45) is 0 Å². The predicted molar refractivity (Wildman–Crippen MR) is 129 cm³/mol. The van der Waals surface area contributed by atoms with Crippen LogP contribution in [0.4, 0.5) is 10.2 Å². The van der Waals surface area contributed by atoms with Crippen LogP contribution in [0.25, 0.3) is 16.8 Å². The van der Waals surface area contributed by atoms with Crippen LogP contribution in [0.1, 0.15) is 37.4 Å². The zero-order chi connectivity index (χ0) is 24.2. The minimum atomic E-state index is -0.323. The van der Waals surface area contributed by atoms with Crippen molar-refractivity contribution in [2.45, 2.75) is 31.8 Å². The second kappa shape index (κ2) is 10.4. The first-order chi connectivity index (χ1) is 17.1. The van der Waals surface area contributed by atoms with Gasteiger partial charge in [-0.15, -0.1) is 0 Å². The van der Waals surface area contributed by atoms with Crippen molar-refractivity contribution in [3.63, 3.8) is 0 Å². The summed E-state index contributed by atoms with van der Waals surface area (Å²) >= 11 is 0. The maximum absolute atomic E-state index is 14.0. The molecule has 1 saturated heterocycles. The van der Waals surface area contributed by atoms with E-state index in [-0.39, 0.29) is 11.9 Å². The van der Waals surface area contributed by atoms with Gasteiger partial charge in [0, 0.05) is 49.4 Å². The molecule has 9 nitrogen and oxygen atoms in total. The lowest BCUT2D eigenvalue weighted by Gasteiger charge is -2.22. The number of hydrogen-bond acceptors (Lipinski definition) is 7. The number of halogens is 1. The smallest absolute Gasteiger partial charge is 0.165 e. The molecule has 1 N–H and O–H groups in total. The average Bonchev–Trinajstić information content (AvgIpc) is 3.52. The van der Waals surface area contributed by atoms with Crippen LogP contribution >= 0.6 is 0 Å². The van der Waals surface area contributed by atoms with Gasteiger partial charge < -0.3 is 19.5 Å². The van der Waals surface area contributed by atoms with Crippen molar-refractivity contribution in [3.8, 4) is 16.9 Å². The second-order valence-corrected chi connectivity index (χ2v) is 8.58. The highest BCUT2D eigenvalue weighted by Crippen LogP contribution is 2.30. The van der Waals surface area contributed by atoms with Gasteiger partial charge in [0.05, 0.1) is 31.1 Å². The van der Waals surface area contributed by atoms with Gasteiger partial charge in [-0.25, -0.2) is 13.9 Å². The lowest BCUT2D eigenvalue weighted by atomic mass is 10.1. The molecule has 0 radical (unpaired) electrons. The van der Waals surface area contributed by atoms with Crippen molar-refractivity contribution in [1.82, 2.24) is 24.4 Å². The first-order valence-electron chi connectivity index (χ1n) is 11.8. The highest BCUT2D eigenvalue weighted by molar-refractivity contribution is 5.76. The van der Waals surface area contributed by atoms with Crippen molar-refractivity contribution in [3.05, 3.63) is 60.4 Å². The lowest BCUT2D eigenvalue weighted by molar-refractivity contribution is 0.0662. The topological polar surface area (TPSA) is 87.7 Å². The van der Waals surface area contributed by atoms with Gasteiger partial charge in [-0.3, -0.25) is 4.68 Å². The van der Waals surface area contributed by atoms with Crippen LogP contribution in [0, 0.1) is 5.82 Å². The molecule has 1 aliphatic heterocycles. The number of anilines is 1. The SMILES string of the molecule is COCCOc1ccc(F)cc1C(C)Nc1ccn2ncc(-c3cnn(C4CCOCC4)c3)c2n1. The molecule has 1 unspecified atom stereocenters. The van der Waals surface area contributed by atoms with Gasteiger partial charge in [0.2, 0.25) is 0 Å². The monoisotopic (exact) mass is 480 g/mol. The van der Waals surface area contributed by atoms with E-state index in [4.69, 9.17) is 19.2 Å². The summed E-state index contributed by atoms with van der Waals surface area (Å²) in [7, 11) is 1.61. The fourth-order valence-corrected chi connectivity index (χ4v) is 4.30. The van der Waals surface area contributed by atoms with Crippen molar-refractivity contribution in [1.29, 1.82) is 0 Å². The summed E-state index contributed by atoms with van der Waals surface area (Å²) in [5, 5.41) is 12.4. The van der Waals surface area contributed by atoms with Gasteiger partial charge in [-0.1, -0.05) is 0 Å². The van der Waals surface area contributed by atoms with E-state index >= 15 is 0 Å². The van der Waals surface area contributed by atoms with Gasteiger partial charge in [0.25, 0.3) is 0 Å². The molecule has 0 aliphatic carbocycles. The molecule has 184 valence electrons. The lowest BCUT2D eigenvalue weighted by Crippen LogP contribution is -2.19. The van der Waals surface area contributed by atoms with Crippen LogP contribution in [0.3, 0.4) is 0 Å². The van der Waals surface area contributed by atoms with E-state index in [2.05, 4.69) is 15.5 Å². The summed E-state index contributed by atoms with van der Waals surface area (Å²) in [5.74, 6) is 0.932. The number of ether oxygens (including phenoxy) is 3. The molecule has 1 aliphatic rings. The summed E-state index contributed by atoms with van der Waals surface area (Å²) in [5.41, 5.74) is 3.27. The number of hydrogen-bond donors (Lipinski definition) is 1. The first kappa shape index (κ1) is 23.3. The highest BCUT2D eigenvalue weighted by Gasteiger charge is 2.19. The third-order valence-electron chi connectivity index (χ3n) is 6.19. The minimum absolute atomic E-state index is 0.249. The molecule has 1 fully saturated rings. The molecule has 4 aromatic rings. The molecule has 0 amide bonds. The molecule has 4 heterocycles. The zero-order valence-corrected chi connectivity index (χ0v) is 19.9. The van der Waals surface area contributed by atoms with Crippen LogP contribution in [0.15, 0.2) is 49.1 Å². The Morgan fingerprint density at radius 2 is 2.03 bits per heavy atom. The molecule has 10 heteroatoms. The Labute approximate surface area is 202 Å². The molecule has 1 atom stereocenters. The predicted octanol–water partition coefficient (Wildman–Crippen LogP) is 4.28. The summed E-state index contributed by atoms with van der Waals surface area (Å²) in [6.07, 6.45) is 9.47. The van der Waals surface area contributed by atoms with Crippen LogP contribution in [0.5, 0.6) is 5.75 Å². The number of benzene rings is 1. The third-order valence-corrected chi connectivity index (χ3v) is 6.19. The average molecular weight is 481 g/mol. The normalized spacial score (nSPS) is 15.4. The highest BCUT2D eigenvalue weighted by atomic mass is 19.1. The van der Waals surface area contributed by atoms with E-state index in [1.807, 2.05) is 36.3 Å². The van der Waals surface area contributed by atoms with E-state index in [9.17, 15) is 4.39 Å². The van der Waals surface area contributed by atoms with Crippen molar-refractivity contribution in [2.75, 3.05) is 38.9 Å². The Balaban J connectivity index is 1.38. The fraction of sp³-hybridized carbons (Fsp3) is 0.400. The molecular weight excluding hydrogens is 451 g/mol. The van der Waals surface area contributed by atoms with E-state index in [1.54, 1.807) is 23.9 Å². The number of nitrogens with zero attached hydrogens (tertiary/aromatic N) is 5. The standard InChI is InChI=1S/C25H29FN6O3/c1-17(21-13-19(26)3-4-23(21)35-12-11-33-2)29-24-5-8-31-25(30-24)22(15-28-31)18-14-27-32(16-18)20-6-9-34-10-7-20/h3-5,8,13-17,20H,6-7,9-12H2,1-2H3,(H,29,30). The molecular formula is C25H29FN6O3. The van der Waals surface area contributed by atoms with Gasteiger partial charge >= 0.3 is 0 Å². The van der Waals surface area contributed by atoms with Crippen LogP contribution in [-0.2, 0) is 9.47 Å². The van der Waals surface area contributed by atoms with Crippen molar-refractivity contribution < 1.29 is 18.6 Å². The van der Waals surface area contributed by atoms with E-state index in [0.29, 0.717) is 42.0 Å². The third kappa shape index (κ3) is 5.13. The molecule has 0 bridgehead atoms. The second-order valence-electron chi connectivity index (χ2n) is 8.58. The first-order valence-corrected chi connectivity index (χ1v) is 11.8. The molecule has 0 spiro atoms. The number of methoxy groups -OCH3 is 1. The maximum Gasteiger partial charge on any atom is 0.165 e. The maximum atomic E-state index is 14.0. The molecule has 0 saturated carbocycles. The molecule has 1 aromatic carbocycles. The summed E-state index contributed by atoms with van der Waals surface area (Å²) < 4.78 is 34.1. The largest absolute Gasteiger partial charge is 0.491 e. The summed E-state index contributed by atoms with van der Waals surface area (Å²) in [6.45, 7) is 4.30. The molecule has 35 heavy (non-hydrogen) atoms. The fourth-order valence-electron chi connectivity index (χ4n) is 4.30. The Morgan fingerprint density at radius 1 is 1.17 bits per heavy atom. The quantitative estimate of drug-likeness (QED) is 0.358. The van der Waals surface area contributed by atoms with E-state index in [1.165, 1.54) is 12.1 Å². The zero-order valence-electron chi connectivity index (χ0n) is 19.9. The summed E-state index contributed by atoms with van der Waals surface area (Å²) in [6, 6.07) is 6.45. The van der Waals surface area contributed by atoms with Crippen LogP contribution in [-0.4, -0.2) is 57.9 Å². The minimum Gasteiger partial charge on any atom is -0.491 e. The van der Waals surface area contributed by atoms with Gasteiger partial charge in [-0.05, 0) is 44.0 Å². The number of fused-ring (bicyclic) bond motifs is 1. The van der Waals surface area contributed by atoms with Gasteiger partial charge in [0.15, 0.2) is 5.65 Å². The summed E-state index contributed by atoms with van der Waals surface area (Å²) in [4.78, 5) is 4.80. The van der Waals surface area contributed by atoms with Gasteiger partial charge in [0.1, 0.15) is 24.0 Å². The Kier molecular flexibility index (Phi) is 6.91. The number of rotatable bonds is 9. The van der Waals surface area contributed by atoms with Gasteiger partial charge in [-0.2, -0.15) is 10.2 Å². The van der Waals surface area contributed by atoms with E-state index < -0.39 is 0 Å². The Bertz CT molecular complexity index is 1280. The van der Waals surface area contributed by atoms with Crippen molar-refractivity contribution >= 4 is 11.5 Å². The number of nitrogens with one attached hydrogen (secondary N) is 1.